The summed E-state index contributed by atoms with van der Waals surface area (Å²) in [5.41, 5.74) is 0.523. The Bertz CT molecular complexity index is 856. The molecule has 1 amide bonds. The topological polar surface area (TPSA) is 89.5 Å². The van der Waals surface area contributed by atoms with Crippen LogP contribution in [0.15, 0.2) is 35.1 Å². The minimum absolute atomic E-state index is 0.108. The molecule has 3 atom stereocenters. The third-order valence-electron chi connectivity index (χ3n) is 4.41. The van der Waals surface area contributed by atoms with Crippen molar-refractivity contribution in [2.24, 2.45) is 0 Å². The number of halogens is 1. The quantitative estimate of drug-likeness (QED) is 0.681. The van der Waals surface area contributed by atoms with Crippen molar-refractivity contribution in [2.75, 3.05) is 16.8 Å². The average molecular weight is 464 g/mol. The molecule has 1 N–H and O–H groups in total. The summed E-state index contributed by atoms with van der Waals surface area (Å²) < 4.78 is 12.2. The highest BCUT2D eigenvalue weighted by Crippen LogP contribution is 2.27. The second-order valence-electron chi connectivity index (χ2n) is 7.96. The Labute approximate surface area is 179 Å². The first-order chi connectivity index (χ1) is 13.6. The highest BCUT2D eigenvalue weighted by Gasteiger charge is 2.40. The number of hydrogen-bond acceptors (Lipinski definition) is 7. The van der Waals surface area contributed by atoms with Gasteiger partial charge in [-0.15, -0.1) is 0 Å². The van der Waals surface area contributed by atoms with Gasteiger partial charge in [-0.1, -0.05) is 0 Å². The fourth-order valence-electron chi connectivity index (χ4n) is 3.15. The number of anilines is 2. The van der Waals surface area contributed by atoms with E-state index in [4.69, 9.17) is 9.47 Å². The average Bonchev–Trinajstić information content (AvgIpc) is 3.03. The molecular weight excluding hydrogens is 438 g/mol. The van der Waals surface area contributed by atoms with Crippen LogP contribution in [0.4, 0.5) is 16.6 Å². The molecule has 8 nitrogen and oxygen atoms in total. The summed E-state index contributed by atoms with van der Waals surface area (Å²) in [5, 5.41) is 3.23. The monoisotopic (exact) mass is 463 g/mol. The lowest BCUT2D eigenvalue weighted by atomic mass is 10.1. The maximum Gasteiger partial charge on any atom is 0.416 e. The minimum Gasteiger partial charge on any atom is -0.447 e. The van der Waals surface area contributed by atoms with Gasteiger partial charge in [-0.25, -0.2) is 9.78 Å². The third kappa shape index (κ3) is 5.42. The van der Waals surface area contributed by atoms with E-state index < -0.39 is 6.09 Å². The van der Waals surface area contributed by atoms with Crippen LogP contribution in [0.5, 0.6) is 0 Å². The standard InChI is InChI=1S/C20H26BrN5O3/c1-12(15-7-6-14(21)10-23-15)24-18-22-9-8-17(25-18)26-16(11-28-19(26)27)13(2)29-20(3,4)5/h6-10,12-13,16H,11H2,1-5H3,(H,22,24,25)/t12-,13+,16+/m0/s1. The van der Waals surface area contributed by atoms with Crippen molar-refractivity contribution >= 4 is 33.8 Å². The van der Waals surface area contributed by atoms with Crippen molar-refractivity contribution in [2.45, 2.75) is 58.4 Å². The molecule has 1 aliphatic heterocycles. The van der Waals surface area contributed by atoms with Crippen LogP contribution in [0.25, 0.3) is 0 Å². The molecular formula is C20H26BrN5O3. The number of carbonyl (C=O) groups excluding carboxylic acids is 1. The summed E-state index contributed by atoms with van der Waals surface area (Å²) >= 11 is 3.38. The molecule has 9 heteroatoms. The zero-order valence-corrected chi connectivity index (χ0v) is 18.8. The SMILES string of the molecule is C[C@H](Nc1nccc(N2C(=O)OC[C@@H]2[C@@H](C)OC(C)(C)C)n1)c1ccc(Br)cn1. The van der Waals surface area contributed by atoms with Gasteiger partial charge >= 0.3 is 6.09 Å². The molecule has 0 bridgehead atoms. The van der Waals surface area contributed by atoms with Crippen LogP contribution in [0.2, 0.25) is 0 Å². The Morgan fingerprint density at radius 3 is 2.69 bits per heavy atom. The largest absolute Gasteiger partial charge is 0.447 e. The fraction of sp³-hybridized carbons (Fsp3) is 0.500. The first-order valence-corrected chi connectivity index (χ1v) is 10.3. The number of amides is 1. The molecule has 2 aromatic rings. The van der Waals surface area contributed by atoms with Crippen molar-refractivity contribution in [3.63, 3.8) is 0 Å². The van der Waals surface area contributed by atoms with Crippen molar-refractivity contribution in [1.29, 1.82) is 0 Å². The predicted octanol–water partition coefficient (Wildman–Crippen LogP) is 4.34. The van der Waals surface area contributed by atoms with E-state index in [0.717, 1.165) is 10.2 Å². The number of nitrogens with one attached hydrogen (secondary N) is 1. The van der Waals surface area contributed by atoms with Crippen LogP contribution in [0, 0.1) is 0 Å². The van der Waals surface area contributed by atoms with Gasteiger partial charge in [0.1, 0.15) is 18.5 Å². The molecule has 2 aromatic heterocycles. The van der Waals surface area contributed by atoms with Gasteiger partial charge in [-0.3, -0.25) is 9.88 Å². The highest BCUT2D eigenvalue weighted by atomic mass is 79.9. The Hall–Kier alpha value is -2.26. The van der Waals surface area contributed by atoms with Gasteiger partial charge < -0.3 is 14.8 Å². The number of aromatic nitrogens is 3. The zero-order valence-electron chi connectivity index (χ0n) is 17.2. The van der Waals surface area contributed by atoms with Gasteiger partial charge in [0.05, 0.1) is 23.4 Å². The number of rotatable bonds is 6. The Morgan fingerprint density at radius 2 is 2.03 bits per heavy atom. The lowest BCUT2D eigenvalue weighted by molar-refractivity contribution is -0.0618. The Morgan fingerprint density at radius 1 is 1.28 bits per heavy atom. The van der Waals surface area contributed by atoms with Gasteiger partial charge in [-0.05, 0) is 68.7 Å². The molecule has 1 saturated heterocycles. The van der Waals surface area contributed by atoms with Gasteiger partial charge in [0.15, 0.2) is 0 Å². The number of hydrogen-bond donors (Lipinski definition) is 1. The van der Waals surface area contributed by atoms with Crippen molar-refractivity contribution in [3.05, 3.63) is 40.8 Å². The summed E-state index contributed by atoms with van der Waals surface area (Å²) in [6.07, 6.45) is 2.70. The lowest BCUT2D eigenvalue weighted by Crippen LogP contribution is -2.45. The summed E-state index contributed by atoms with van der Waals surface area (Å²) in [5.74, 6) is 0.873. The summed E-state index contributed by atoms with van der Waals surface area (Å²) in [7, 11) is 0. The Kier molecular flexibility index (Phi) is 6.38. The summed E-state index contributed by atoms with van der Waals surface area (Å²) in [6.45, 7) is 10.1. The van der Waals surface area contributed by atoms with E-state index in [-0.39, 0.29) is 30.4 Å². The number of cyclic esters (lactones) is 1. The molecule has 0 unspecified atom stereocenters. The van der Waals surface area contributed by atoms with Crippen molar-refractivity contribution in [1.82, 2.24) is 15.0 Å². The molecule has 0 saturated carbocycles. The van der Waals surface area contributed by atoms with Gasteiger partial charge in [0.2, 0.25) is 5.95 Å². The maximum absolute atomic E-state index is 12.4. The normalized spacial score (nSPS) is 19.0. The van der Waals surface area contributed by atoms with E-state index in [0.29, 0.717) is 11.8 Å². The van der Waals surface area contributed by atoms with Crippen LogP contribution < -0.4 is 10.2 Å². The number of nitrogens with zero attached hydrogens (tertiary/aromatic N) is 4. The number of carbonyl (C=O) groups is 1. The molecule has 3 heterocycles. The molecule has 0 spiro atoms. The third-order valence-corrected chi connectivity index (χ3v) is 4.88. The van der Waals surface area contributed by atoms with E-state index in [9.17, 15) is 4.79 Å². The first-order valence-electron chi connectivity index (χ1n) is 9.49. The maximum atomic E-state index is 12.4. The predicted molar refractivity (Wildman–Crippen MR) is 114 cm³/mol. The van der Waals surface area contributed by atoms with Crippen LogP contribution in [0.3, 0.4) is 0 Å². The molecule has 156 valence electrons. The molecule has 1 aliphatic rings. The van der Waals surface area contributed by atoms with Crippen molar-refractivity contribution < 1.29 is 14.3 Å². The highest BCUT2D eigenvalue weighted by molar-refractivity contribution is 9.10. The smallest absolute Gasteiger partial charge is 0.416 e. The number of pyridine rings is 1. The first kappa shape index (κ1) is 21.4. The molecule has 3 rings (SSSR count). The van der Waals surface area contributed by atoms with Crippen LogP contribution >= 0.6 is 15.9 Å². The van der Waals surface area contributed by atoms with E-state index in [2.05, 4.69) is 36.2 Å². The minimum atomic E-state index is -0.438. The summed E-state index contributed by atoms with van der Waals surface area (Å²) in [6, 6.07) is 5.17. The molecule has 29 heavy (non-hydrogen) atoms. The second-order valence-corrected chi connectivity index (χ2v) is 8.87. The van der Waals surface area contributed by atoms with E-state index in [1.807, 2.05) is 46.8 Å². The van der Waals surface area contributed by atoms with Crippen LogP contribution in [-0.4, -0.2) is 45.4 Å². The van der Waals surface area contributed by atoms with E-state index in [1.54, 1.807) is 18.5 Å². The lowest BCUT2D eigenvalue weighted by Gasteiger charge is -2.31. The van der Waals surface area contributed by atoms with Crippen molar-refractivity contribution in [3.8, 4) is 0 Å². The zero-order chi connectivity index (χ0) is 21.2. The van der Waals surface area contributed by atoms with Gasteiger partial charge in [0.25, 0.3) is 0 Å². The molecule has 0 radical (unpaired) electrons. The van der Waals surface area contributed by atoms with Crippen LogP contribution in [0.1, 0.15) is 46.4 Å². The molecule has 0 aliphatic carbocycles. The van der Waals surface area contributed by atoms with E-state index in [1.165, 1.54) is 4.90 Å². The number of ether oxygens (including phenoxy) is 2. The second kappa shape index (κ2) is 8.62. The van der Waals surface area contributed by atoms with E-state index >= 15 is 0 Å². The molecule has 1 fully saturated rings. The van der Waals surface area contributed by atoms with Crippen LogP contribution in [-0.2, 0) is 9.47 Å². The fourth-order valence-corrected chi connectivity index (χ4v) is 3.38. The molecule has 0 aromatic carbocycles. The Balaban J connectivity index is 1.78. The summed E-state index contributed by atoms with van der Waals surface area (Å²) in [4.78, 5) is 27.1. The van der Waals surface area contributed by atoms with Gasteiger partial charge in [0, 0.05) is 16.9 Å². The van der Waals surface area contributed by atoms with Gasteiger partial charge in [-0.2, -0.15) is 4.98 Å².